The minimum absolute atomic E-state index is 0.252. The molecule has 0 aliphatic rings. The molecule has 0 radical (unpaired) electrons. The number of nitrogens with one attached hydrogen (secondary N) is 1. The Kier molecular flexibility index (Phi) is 2.42. The maximum atomic E-state index is 11.8. The highest BCUT2D eigenvalue weighted by molar-refractivity contribution is 5.82. The second kappa shape index (κ2) is 3.63. The molecule has 0 saturated carbocycles. The van der Waals surface area contributed by atoms with Gasteiger partial charge in [-0.15, -0.1) is 0 Å². The van der Waals surface area contributed by atoms with E-state index in [-0.39, 0.29) is 17.2 Å². The van der Waals surface area contributed by atoms with Crippen LogP contribution in [0.5, 0.6) is 0 Å². The lowest BCUT2D eigenvalue weighted by molar-refractivity contribution is 0.830. The van der Waals surface area contributed by atoms with Crippen LogP contribution in [0, 0.1) is 0 Å². The van der Waals surface area contributed by atoms with Crippen molar-refractivity contribution in [2.45, 2.75) is 19.8 Å². The number of aryl methyl sites for hydroxylation is 1. The van der Waals surface area contributed by atoms with Crippen LogP contribution in [0.4, 0.5) is 0 Å². The molecular weight excluding hydrogens is 204 g/mol. The molecular formula is C12H14N2O2. The first-order chi connectivity index (χ1) is 7.52. The maximum absolute atomic E-state index is 11.8. The van der Waals surface area contributed by atoms with Gasteiger partial charge in [-0.3, -0.25) is 14.3 Å². The second-order valence-electron chi connectivity index (χ2n) is 4.21. The van der Waals surface area contributed by atoms with E-state index in [9.17, 15) is 9.59 Å². The summed E-state index contributed by atoms with van der Waals surface area (Å²) in [6, 6.07) is 5.58. The van der Waals surface area contributed by atoms with Gasteiger partial charge in [0.2, 0.25) is 0 Å². The molecule has 16 heavy (non-hydrogen) atoms. The molecule has 2 aromatic rings. The maximum Gasteiger partial charge on any atom is 0.328 e. The van der Waals surface area contributed by atoms with Gasteiger partial charge in [-0.25, -0.2) is 4.79 Å². The highest BCUT2D eigenvalue weighted by Crippen LogP contribution is 2.20. The van der Waals surface area contributed by atoms with Gasteiger partial charge in [-0.1, -0.05) is 26.0 Å². The summed E-state index contributed by atoms with van der Waals surface area (Å²) in [5.41, 5.74) is 0.968. The molecule has 1 N–H and O–H groups in total. The van der Waals surface area contributed by atoms with Crippen molar-refractivity contribution in [3.63, 3.8) is 0 Å². The van der Waals surface area contributed by atoms with Crippen molar-refractivity contribution in [2.75, 3.05) is 0 Å². The first-order valence-electron chi connectivity index (χ1n) is 5.24. The van der Waals surface area contributed by atoms with Gasteiger partial charge in [-0.05, 0) is 17.5 Å². The van der Waals surface area contributed by atoms with E-state index in [4.69, 9.17) is 0 Å². The van der Waals surface area contributed by atoms with Crippen LogP contribution in [-0.2, 0) is 7.05 Å². The molecule has 1 aromatic heterocycles. The molecule has 0 aliphatic carbocycles. The summed E-state index contributed by atoms with van der Waals surface area (Å²) < 4.78 is 1.46. The van der Waals surface area contributed by atoms with E-state index in [1.54, 1.807) is 13.1 Å². The molecule has 0 amide bonds. The predicted molar refractivity (Wildman–Crippen MR) is 63.9 cm³/mol. The summed E-state index contributed by atoms with van der Waals surface area (Å²) >= 11 is 0. The van der Waals surface area contributed by atoms with Gasteiger partial charge in [0, 0.05) is 7.05 Å². The standard InChI is InChI=1S/C12H14N2O2/c1-7(2)8-5-4-6-9-10(8)11(15)13-12(16)14(9)3/h4-7H,1-3H3,(H,13,15,16). The summed E-state index contributed by atoms with van der Waals surface area (Å²) in [6.45, 7) is 4.05. The van der Waals surface area contributed by atoms with Crippen molar-refractivity contribution in [3.05, 3.63) is 44.6 Å². The normalized spacial score (nSPS) is 11.2. The average molecular weight is 218 g/mol. The minimum Gasteiger partial charge on any atom is -0.296 e. The zero-order valence-corrected chi connectivity index (χ0v) is 9.57. The molecule has 0 bridgehead atoms. The number of hydrogen-bond donors (Lipinski definition) is 1. The lowest BCUT2D eigenvalue weighted by atomic mass is 9.99. The zero-order chi connectivity index (χ0) is 11.9. The quantitative estimate of drug-likeness (QED) is 0.785. The number of fused-ring (bicyclic) bond motifs is 1. The number of aromatic nitrogens is 2. The summed E-state index contributed by atoms with van der Waals surface area (Å²) in [7, 11) is 1.66. The Morgan fingerprint density at radius 2 is 1.94 bits per heavy atom. The highest BCUT2D eigenvalue weighted by atomic mass is 16.2. The molecule has 1 aromatic carbocycles. The Bertz CT molecular complexity index is 650. The average Bonchev–Trinajstić information content (AvgIpc) is 2.25. The van der Waals surface area contributed by atoms with Crippen molar-refractivity contribution in [3.8, 4) is 0 Å². The Morgan fingerprint density at radius 3 is 2.56 bits per heavy atom. The smallest absolute Gasteiger partial charge is 0.296 e. The van der Waals surface area contributed by atoms with Gasteiger partial charge < -0.3 is 0 Å². The Balaban J connectivity index is 3.06. The molecule has 0 atom stereocenters. The zero-order valence-electron chi connectivity index (χ0n) is 9.57. The summed E-state index contributed by atoms with van der Waals surface area (Å²) in [4.78, 5) is 25.6. The molecule has 4 heteroatoms. The fourth-order valence-corrected chi connectivity index (χ4v) is 1.92. The van der Waals surface area contributed by atoms with Crippen molar-refractivity contribution >= 4 is 10.9 Å². The molecule has 0 saturated heterocycles. The third-order valence-electron chi connectivity index (χ3n) is 2.81. The van der Waals surface area contributed by atoms with E-state index in [1.165, 1.54) is 4.57 Å². The number of nitrogens with zero attached hydrogens (tertiary/aromatic N) is 1. The van der Waals surface area contributed by atoms with E-state index in [1.807, 2.05) is 26.0 Å². The van der Waals surface area contributed by atoms with Crippen molar-refractivity contribution < 1.29 is 0 Å². The first-order valence-corrected chi connectivity index (χ1v) is 5.24. The lowest BCUT2D eigenvalue weighted by Crippen LogP contribution is -2.29. The third-order valence-corrected chi connectivity index (χ3v) is 2.81. The van der Waals surface area contributed by atoms with Crippen LogP contribution < -0.4 is 11.2 Å². The van der Waals surface area contributed by atoms with Crippen LogP contribution in [0.3, 0.4) is 0 Å². The fourth-order valence-electron chi connectivity index (χ4n) is 1.92. The largest absolute Gasteiger partial charge is 0.328 e. The SMILES string of the molecule is CC(C)c1cccc2c1c(=O)[nH]c(=O)n2C. The Labute approximate surface area is 92.5 Å². The summed E-state index contributed by atoms with van der Waals surface area (Å²) in [5, 5.41) is 0.611. The van der Waals surface area contributed by atoms with Gasteiger partial charge in [0.25, 0.3) is 5.56 Å². The number of H-pyrrole nitrogens is 1. The van der Waals surface area contributed by atoms with Gasteiger partial charge in [0.15, 0.2) is 0 Å². The van der Waals surface area contributed by atoms with Crippen molar-refractivity contribution in [1.82, 2.24) is 9.55 Å². The molecule has 2 rings (SSSR count). The van der Waals surface area contributed by atoms with E-state index in [0.717, 1.165) is 5.56 Å². The van der Waals surface area contributed by atoms with Crippen LogP contribution in [-0.4, -0.2) is 9.55 Å². The van der Waals surface area contributed by atoms with Crippen molar-refractivity contribution in [2.24, 2.45) is 7.05 Å². The molecule has 0 fully saturated rings. The van der Waals surface area contributed by atoms with E-state index < -0.39 is 0 Å². The molecule has 84 valence electrons. The Hall–Kier alpha value is -1.84. The number of hydrogen-bond acceptors (Lipinski definition) is 2. The fraction of sp³-hybridized carbons (Fsp3) is 0.333. The van der Waals surface area contributed by atoms with Crippen LogP contribution >= 0.6 is 0 Å². The molecule has 0 aliphatic heterocycles. The van der Waals surface area contributed by atoms with E-state index >= 15 is 0 Å². The molecule has 0 spiro atoms. The molecule has 4 nitrogen and oxygen atoms in total. The van der Waals surface area contributed by atoms with E-state index in [2.05, 4.69) is 4.98 Å². The number of rotatable bonds is 1. The van der Waals surface area contributed by atoms with Crippen molar-refractivity contribution in [1.29, 1.82) is 0 Å². The van der Waals surface area contributed by atoms with Gasteiger partial charge in [-0.2, -0.15) is 0 Å². The number of benzene rings is 1. The highest BCUT2D eigenvalue weighted by Gasteiger charge is 2.10. The van der Waals surface area contributed by atoms with Gasteiger partial charge >= 0.3 is 5.69 Å². The summed E-state index contributed by atoms with van der Waals surface area (Å²) in [6.07, 6.45) is 0. The summed E-state index contributed by atoms with van der Waals surface area (Å²) in [5.74, 6) is 0.252. The molecule has 0 unspecified atom stereocenters. The second-order valence-corrected chi connectivity index (χ2v) is 4.21. The Morgan fingerprint density at radius 1 is 1.25 bits per heavy atom. The van der Waals surface area contributed by atoms with Crippen LogP contribution in [0.15, 0.2) is 27.8 Å². The lowest BCUT2D eigenvalue weighted by Gasteiger charge is -2.10. The number of aromatic amines is 1. The minimum atomic E-state index is -0.376. The third kappa shape index (κ3) is 1.46. The van der Waals surface area contributed by atoms with Crippen LogP contribution in [0.2, 0.25) is 0 Å². The topological polar surface area (TPSA) is 54.9 Å². The van der Waals surface area contributed by atoms with Crippen LogP contribution in [0.25, 0.3) is 10.9 Å². The first kappa shape index (κ1) is 10.7. The van der Waals surface area contributed by atoms with Gasteiger partial charge in [0.05, 0.1) is 10.9 Å². The monoisotopic (exact) mass is 218 g/mol. The predicted octanol–water partition coefficient (Wildman–Crippen LogP) is 1.35. The molecule has 1 heterocycles. The van der Waals surface area contributed by atoms with Crippen LogP contribution in [0.1, 0.15) is 25.3 Å². The van der Waals surface area contributed by atoms with Gasteiger partial charge in [0.1, 0.15) is 0 Å². The van der Waals surface area contributed by atoms with E-state index in [0.29, 0.717) is 10.9 Å².